The number of nitrogens with zero attached hydrogens (tertiary/aromatic N) is 1. The molecule has 9 heteroatoms. The lowest BCUT2D eigenvalue weighted by Gasteiger charge is -2.25. The van der Waals surface area contributed by atoms with Crippen LogP contribution in [0, 0.1) is 0 Å². The van der Waals surface area contributed by atoms with Crippen molar-refractivity contribution in [2.75, 3.05) is 40.9 Å². The van der Waals surface area contributed by atoms with Gasteiger partial charge in [-0.1, -0.05) is 255 Å². The number of phosphoric acid groups is 1. The van der Waals surface area contributed by atoms with Crippen molar-refractivity contribution in [3.8, 4) is 0 Å². The van der Waals surface area contributed by atoms with E-state index in [1.54, 1.807) is 6.08 Å². The first-order valence-corrected chi connectivity index (χ1v) is 31.0. The lowest BCUT2D eigenvalue weighted by atomic mass is 10.0. The summed E-state index contributed by atoms with van der Waals surface area (Å²) in [5.41, 5.74) is 0. The highest BCUT2D eigenvalue weighted by Gasteiger charge is 2.27. The monoisotopic (exact) mass is 992 g/mol. The number of likely N-dealkylation sites (N-methyl/N-ethyl adjacent to an activating group) is 1. The van der Waals surface area contributed by atoms with Crippen LogP contribution in [0.1, 0.15) is 277 Å². The van der Waals surface area contributed by atoms with E-state index in [4.69, 9.17) is 9.05 Å². The number of hydrogen-bond acceptors (Lipinski definition) is 5. The molecule has 3 N–H and O–H groups in total. The Balaban J connectivity index is 4.16. The molecule has 69 heavy (non-hydrogen) atoms. The van der Waals surface area contributed by atoms with Crippen molar-refractivity contribution in [2.24, 2.45) is 0 Å². The predicted molar refractivity (Wildman–Crippen MR) is 300 cm³/mol. The topological polar surface area (TPSA) is 105 Å². The highest BCUT2D eigenvalue weighted by Crippen LogP contribution is 2.43. The Morgan fingerprint density at radius 1 is 0.493 bits per heavy atom. The summed E-state index contributed by atoms with van der Waals surface area (Å²) in [6.07, 6.45) is 67.9. The first-order chi connectivity index (χ1) is 33.5. The van der Waals surface area contributed by atoms with Crippen molar-refractivity contribution < 1.29 is 32.9 Å². The van der Waals surface area contributed by atoms with Gasteiger partial charge in [-0.15, -0.1) is 0 Å². The fraction of sp³-hybridized carbons (Fsp3) is 0.850. The average molecular weight is 993 g/mol. The molecule has 3 unspecified atom stereocenters. The number of nitrogens with one attached hydrogen (secondary N) is 1. The third kappa shape index (κ3) is 54.1. The van der Waals surface area contributed by atoms with Gasteiger partial charge in [0.1, 0.15) is 13.2 Å². The number of aliphatic hydroxyl groups is 1. The second kappa shape index (κ2) is 51.4. The number of hydrogen-bond donors (Lipinski definition) is 3. The van der Waals surface area contributed by atoms with Crippen LogP contribution in [0.2, 0.25) is 0 Å². The number of aliphatic hydroxyl groups excluding tert-OH is 1. The molecule has 0 saturated carbocycles. The fourth-order valence-electron chi connectivity index (χ4n) is 8.62. The molecule has 406 valence electrons. The van der Waals surface area contributed by atoms with Crippen LogP contribution in [0.25, 0.3) is 0 Å². The van der Waals surface area contributed by atoms with Gasteiger partial charge in [0.15, 0.2) is 0 Å². The first-order valence-electron chi connectivity index (χ1n) is 29.5. The zero-order chi connectivity index (χ0) is 50.6. The molecule has 0 heterocycles. The number of phosphoric ester groups is 1. The molecule has 0 aromatic carbocycles. The molecule has 0 fully saturated rings. The van der Waals surface area contributed by atoms with Gasteiger partial charge in [-0.05, 0) is 64.2 Å². The second-order valence-corrected chi connectivity index (χ2v) is 22.8. The summed E-state index contributed by atoms with van der Waals surface area (Å²) >= 11 is 0. The zero-order valence-corrected chi connectivity index (χ0v) is 47.2. The van der Waals surface area contributed by atoms with Crippen LogP contribution in [0.15, 0.2) is 48.6 Å². The van der Waals surface area contributed by atoms with Crippen LogP contribution in [-0.4, -0.2) is 73.4 Å². The highest BCUT2D eigenvalue weighted by molar-refractivity contribution is 7.47. The van der Waals surface area contributed by atoms with Crippen molar-refractivity contribution in [1.82, 2.24) is 5.32 Å². The molecule has 1 amide bonds. The van der Waals surface area contributed by atoms with Crippen molar-refractivity contribution in [3.05, 3.63) is 48.6 Å². The first kappa shape index (κ1) is 67.5. The number of amides is 1. The van der Waals surface area contributed by atoms with Crippen LogP contribution in [-0.2, 0) is 18.4 Å². The van der Waals surface area contributed by atoms with Gasteiger partial charge in [0.25, 0.3) is 0 Å². The van der Waals surface area contributed by atoms with Gasteiger partial charge in [0.05, 0.1) is 39.9 Å². The third-order valence-corrected chi connectivity index (χ3v) is 14.3. The van der Waals surface area contributed by atoms with E-state index in [1.165, 1.54) is 212 Å². The Morgan fingerprint density at radius 2 is 0.841 bits per heavy atom. The summed E-state index contributed by atoms with van der Waals surface area (Å²) in [6.45, 7) is 4.81. The quantitative estimate of drug-likeness (QED) is 0.0243. The Hall–Kier alpha value is -1.54. The molecule has 0 aliphatic heterocycles. The molecule has 0 saturated heterocycles. The Labute approximate surface area is 429 Å². The van der Waals surface area contributed by atoms with Crippen molar-refractivity contribution in [2.45, 2.75) is 289 Å². The third-order valence-electron chi connectivity index (χ3n) is 13.3. The SMILES string of the molecule is CCCCCCC/C=C\C/C=C\CCCCCCCCCCCCCCCCCCCC(=O)NC(COP(=O)(O)OCC[N+](C)(C)C)C(O)/C=C/CC/C=C/CCCCCCCCCCCCCC. The maximum atomic E-state index is 13.0. The summed E-state index contributed by atoms with van der Waals surface area (Å²) in [5.74, 6) is -0.184. The molecule has 8 nitrogen and oxygen atoms in total. The summed E-state index contributed by atoms with van der Waals surface area (Å²) in [6, 6.07) is -0.863. The van der Waals surface area contributed by atoms with Crippen LogP contribution < -0.4 is 5.32 Å². The molecular formula is C60H116N2O6P+. The van der Waals surface area contributed by atoms with Crippen LogP contribution in [0.3, 0.4) is 0 Å². The molecule has 3 atom stereocenters. The molecule has 0 spiro atoms. The molecule has 0 bridgehead atoms. The van der Waals surface area contributed by atoms with Crippen LogP contribution >= 0.6 is 7.82 Å². The number of carbonyl (C=O) groups is 1. The van der Waals surface area contributed by atoms with E-state index in [2.05, 4.69) is 55.6 Å². The van der Waals surface area contributed by atoms with E-state index in [-0.39, 0.29) is 19.1 Å². The number of rotatable bonds is 54. The van der Waals surface area contributed by atoms with Crippen LogP contribution in [0.4, 0.5) is 0 Å². The Bertz CT molecular complexity index is 1260. The minimum atomic E-state index is -4.35. The minimum Gasteiger partial charge on any atom is -0.387 e. The molecule has 0 aromatic rings. The Morgan fingerprint density at radius 3 is 1.25 bits per heavy atom. The maximum Gasteiger partial charge on any atom is 0.472 e. The molecule has 0 aliphatic carbocycles. The van der Waals surface area contributed by atoms with Crippen LogP contribution in [0.5, 0.6) is 0 Å². The minimum absolute atomic E-state index is 0.0565. The summed E-state index contributed by atoms with van der Waals surface area (Å²) < 4.78 is 23.7. The average Bonchev–Trinajstić information content (AvgIpc) is 3.31. The van der Waals surface area contributed by atoms with Crippen molar-refractivity contribution in [3.63, 3.8) is 0 Å². The smallest absolute Gasteiger partial charge is 0.387 e. The summed E-state index contributed by atoms with van der Waals surface area (Å²) in [7, 11) is 1.56. The van der Waals surface area contributed by atoms with E-state index < -0.39 is 20.0 Å². The molecule has 0 rings (SSSR count). The largest absolute Gasteiger partial charge is 0.472 e. The number of unbranched alkanes of at least 4 members (excludes halogenated alkanes) is 35. The zero-order valence-electron chi connectivity index (χ0n) is 46.3. The van der Waals surface area contributed by atoms with Gasteiger partial charge < -0.3 is 19.8 Å². The summed E-state index contributed by atoms with van der Waals surface area (Å²) in [5, 5.41) is 13.9. The predicted octanol–water partition coefficient (Wildman–Crippen LogP) is 17.9. The number of allylic oxidation sites excluding steroid dienone is 7. The molecule has 0 radical (unpaired) electrons. The molecule has 0 aliphatic rings. The van der Waals surface area contributed by atoms with E-state index in [9.17, 15) is 19.4 Å². The fourth-order valence-corrected chi connectivity index (χ4v) is 9.36. The Kier molecular flexibility index (Phi) is 50.2. The maximum absolute atomic E-state index is 13.0. The van der Waals surface area contributed by atoms with E-state index in [0.29, 0.717) is 17.4 Å². The van der Waals surface area contributed by atoms with Gasteiger partial charge in [-0.3, -0.25) is 13.8 Å². The van der Waals surface area contributed by atoms with Gasteiger partial charge in [-0.2, -0.15) is 0 Å². The lowest BCUT2D eigenvalue weighted by molar-refractivity contribution is -0.870. The van der Waals surface area contributed by atoms with Gasteiger partial charge in [-0.25, -0.2) is 4.57 Å². The van der Waals surface area contributed by atoms with Gasteiger partial charge in [0, 0.05) is 6.42 Å². The molecular weight excluding hydrogens is 876 g/mol. The summed E-state index contributed by atoms with van der Waals surface area (Å²) in [4.78, 5) is 23.3. The highest BCUT2D eigenvalue weighted by atomic mass is 31.2. The number of carbonyl (C=O) groups excluding carboxylic acids is 1. The van der Waals surface area contributed by atoms with Gasteiger partial charge >= 0.3 is 7.82 Å². The van der Waals surface area contributed by atoms with Gasteiger partial charge in [0.2, 0.25) is 5.91 Å². The van der Waals surface area contributed by atoms with E-state index in [0.717, 1.165) is 44.9 Å². The molecule has 0 aromatic heterocycles. The number of quaternary nitrogens is 1. The van der Waals surface area contributed by atoms with E-state index in [1.807, 2.05) is 27.2 Å². The second-order valence-electron chi connectivity index (χ2n) is 21.4. The van der Waals surface area contributed by atoms with Crippen molar-refractivity contribution >= 4 is 13.7 Å². The lowest BCUT2D eigenvalue weighted by Crippen LogP contribution is -2.45. The van der Waals surface area contributed by atoms with Crippen molar-refractivity contribution in [1.29, 1.82) is 0 Å². The standard InChI is InChI=1S/C60H115N2O6P/c1-6-8-10-12-14-16-18-20-22-24-26-27-28-29-30-31-32-33-34-35-36-38-40-42-44-46-48-50-52-54-60(64)61-58(57-68-69(65,66)67-56-55-62(3,4)5)59(63)53-51-49-47-45-43-41-39-37-25-23-21-19-17-15-13-11-9-7-2/h18,20,24,26,43,45,51,53,58-59,63H,6-17,19,21-23,25,27-42,44,46-50,52,54-57H2,1-5H3,(H-,61,64,65,66)/p+1/b20-18-,26-24-,45-43+,53-51+. The normalized spacial score (nSPS) is 14.2. The van der Waals surface area contributed by atoms with E-state index >= 15 is 0 Å².